The molecule has 0 amide bonds. The first kappa shape index (κ1) is 60.6. The zero-order chi connectivity index (χ0) is 46.3. The number of carbonyl (C=O) groups is 2. The maximum absolute atomic E-state index is 12.8. The second-order valence-corrected chi connectivity index (χ2v) is 17.0. The third-order valence-electron chi connectivity index (χ3n) is 10.8. The molecule has 0 aliphatic carbocycles. The molecule has 0 aliphatic rings. The third-order valence-corrected chi connectivity index (χ3v) is 10.8. The quantitative estimate of drug-likeness (QED) is 0.0346. The molecule has 5 heteroatoms. The zero-order valence-corrected chi connectivity index (χ0v) is 41.8. The first-order valence-corrected chi connectivity index (χ1v) is 26.4. The molecule has 0 aromatic carbocycles. The first-order valence-electron chi connectivity index (χ1n) is 26.4. The van der Waals surface area contributed by atoms with Gasteiger partial charge in [-0.05, 0) is 109 Å². The lowest BCUT2D eigenvalue weighted by Crippen LogP contribution is -2.30. The molecule has 0 radical (unpaired) electrons. The summed E-state index contributed by atoms with van der Waals surface area (Å²) in [5.41, 5.74) is 0. The van der Waals surface area contributed by atoms with Gasteiger partial charge in [0.1, 0.15) is 6.61 Å². The number of ether oxygens (including phenoxy) is 3. The van der Waals surface area contributed by atoms with E-state index in [1.807, 2.05) is 6.08 Å². The van der Waals surface area contributed by atoms with Crippen LogP contribution in [0.1, 0.15) is 226 Å². The minimum Gasteiger partial charge on any atom is -0.462 e. The van der Waals surface area contributed by atoms with Crippen LogP contribution in [-0.4, -0.2) is 37.9 Å². The van der Waals surface area contributed by atoms with Crippen LogP contribution in [0.2, 0.25) is 0 Å². The van der Waals surface area contributed by atoms with Crippen molar-refractivity contribution in [2.45, 2.75) is 232 Å². The van der Waals surface area contributed by atoms with Gasteiger partial charge in [-0.2, -0.15) is 0 Å². The van der Waals surface area contributed by atoms with Crippen molar-refractivity contribution in [3.05, 3.63) is 109 Å². The normalized spacial score (nSPS) is 13.1. The van der Waals surface area contributed by atoms with Crippen molar-refractivity contribution in [2.75, 3.05) is 19.8 Å². The summed E-state index contributed by atoms with van der Waals surface area (Å²) in [5, 5.41) is 0. The Morgan fingerprint density at radius 3 is 1.25 bits per heavy atom. The number of hydrogen-bond donors (Lipinski definition) is 0. The molecule has 0 N–H and O–H groups in total. The first-order chi connectivity index (χ1) is 31.6. The molecule has 64 heavy (non-hydrogen) atoms. The van der Waals surface area contributed by atoms with Crippen LogP contribution in [0.25, 0.3) is 0 Å². The van der Waals surface area contributed by atoms with E-state index in [9.17, 15) is 9.59 Å². The van der Waals surface area contributed by atoms with Crippen molar-refractivity contribution in [3.63, 3.8) is 0 Å². The Hall–Kier alpha value is -3.44. The van der Waals surface area contributed by atoms with E-state index >= 15 is 0 Å². The molecule has 5 nitrogen and oxygen atoms in total. The van der Waals surface area contributed by atoms with E-state index in [1.165, 1.54) is 103 Å². The lowest BCUT2D eigenvalue weighted by molar-refractivity contribution is -0.162. The number of allylic oxidation sites excluding steroid dienone is 18. The van der Waals surface area contributed by atoms with Gasteiger partial charge in [-0.1, -0.05) is 214 Å². The number of esters is 2. The summed E-state index contributed by atoms with van der Waals surface area (Å²) in [6, 6.07) is 0. The van der Waals surface area contributed by atoms with Gasteiger partial charge in [-0.3, -0.25) is 9.59 Å². The molecule has 0 spiro atoms. The summed E-state index contributed by atoms with van der Waals surface area (Å²) >= 11 is 0. The fourth-order valence-corrected chi connectivity index (χ4v) is 6.84. The summed E-state index contributed by atoms with van der Waals surface area (Å²) in [7, 11) is 0. The van der Waals surface area contributed by atoms with Crippen molar-refractivity contribution in [1.29, 1.82) is 0 Å². The van der Waals surface area contributed by atoms with Crippen molar-refractivity contribution in [1.82, 2.24) is 0 Å². The van der Waals surface area contributed by atoms with Crippen LogP contribution < -0.4 is 0 Å². The van der Waals surface area contributed by atoms with Gasteiger partial charge >= 0.3 is 11.9 Å². The molecule has 0 aromatic rings. The predicted octanol–water partition coefficient (Wildman–Crippen LogP) is 18.0. The predicted molar refractivity (Wildman–Crippen MR) is 279 cm³/mol. The number of unbranched alkanes of at least 4 members (excludes halogenated alkanes) is 18. The van der Waals surface area contributed by atoms with Crippen molar-refractivity contribution >= 4 is 11.9 Å². The van der Waals surface area contributed by atoms with Crippen LogP contribution in [0, 0.1) is 0 Å². The number of rotatable bonds is 47. The minimum absolute atomic E-state index is 0.0339. The molecule has 0 fully saturated rings. The van der Waals surface area contributed by atoms with Crippen LogP contribution in [0.15, 0.2) is 109 Å². The molecular weight excluding hydrogens is 789 g/mol. The van der Waals surface area contributed by atoms with E-state index < -0.39 is 6.10 Å². The van der Waals surface area contributed by atoms with E-state index in [-0.39, 0.29) is 25.2 Å². The summed E-state index contributed by atoms with van der Waals surface area (Å²) in [6.45, 7) is 7.55. The fraction of sp³-hybridized carbons (Fsp3) is 0.661. The van der Waals surface area contributed by atoms with Crippen LogP contribution in [0.5, 0.6) is 0 Å². The second-order valence-electron chi connectivity index (χ2n) is 17.0. The Bertz CT molecular complexity index is 1280. The molecule has 0 heterocycles. The zero-order valence-electron chi connectivity index (χ0n) is 41.8. The van der Waals surface area contributed by atoms with Gasteiger partial charge < -0.3 is 14.2 Å². The monoisotopic (exact) mass is 887 g/mol. The van der Waals surface area contributed by atoms with E-state index in [0.717, 1.165) is 83.5 Å². The largest absolute Gasteiger partial charge is 0.462 e. The van der Waals surface area contributed by atoms with Gasteiger partial charge in [0.05, 0.1) is 6.61 Å². The number of carbonyl (C=O) groups excluding carboxylic acids is 2. The Kier molecular flexibility index (Phi) is 51.0. The minimum atomic E-state index is -0.580. The SMILES string of the molecule is CC/C=C\C/C=C\C/C=C\C/C=C\C/C=C\C/C=C\CCC(=O)OCC(COCCCCCCCC/C=C\CCCC)OC(=O)CCCCCCCCC/C=C\C/C=C\CCCCC. The maximum Gasteiger partial charge on any atom is 0.306 e. The standard InChI is InChI=1S/C59H98O5/c1-4-7-10-13-16-19-22-25-27-29-30-32-33-35-37-40-43-46-49-52-58(60)63-56-57(55-62-54-51-48-45-42-39-24-21-18-15-12-9-6-3)64-59(61)53-50-47-44-41-38-36-34-31-28-26-23-20-17-14-11-8-5-2/h7,10,15-20,25-28,30,32,35,37,43,46,57H,4-6,8-9,11-14,21-24,29,31,33-34,36,38-42,44-45,47-56H2,1-3H3/b10-7-,18-15-,19-16-,20-17-,27-25-,28-26-,32-30-,37-35-,46-43-. The summed E-state index contributed by atoms with van der Waals surface area (Å²) in [6.07, 6.45) is 73.9. The highest BCUT2D eigenvalue weighted by Gasteiger charge is 2.17. The van der Waals surface area contributed by atoms with E-state index in [1.54, 1.807) is 0 Å². The smallest absolute Gasteiger partial charge is 0.306 e. The molecule has 1 atom stereocenters. The molecular formula is C59H98O5. The number of hydrogen-bond acceptors (Lipinski definition) is 5. The molecule has 0 saturated carbocycles. The Morgan fingerprint density at radius 1 is 0.359 bits per heavy atom. The molecule has 0 saturated heterocycles. The second kappa shape index (κ2) is 53.9. The molecule has 0 aromatic heterocycles. The summed E-state index contributed by atoms with van der Waals surface area (Å²) in [4.78, 5) is 25.4. The van der Waals surface area contributed by atoms with Crippen LogP contribution in [-0.2, 0) is 23.8 Å². The molecule has 0 rings (SSSR count). The lowest BCUT2D eigenvalue weighted by Gasteiger charge is -2.18. The van der Waals surface area contributed by atoms with E-state index in [4.69, 9.17) is 14.2 Å². The average molecular weight is 887 g/mol. The van der Waals surface area contributed by atoms with Gasteiger partial charge in [0, 0.05) is 19.4 Å². The van der Waals surface area contributed by atoms with Gasteiger partial charge in [0.2, 0.25) is 0 Å². The van der Waals surface area contributed by atoms with Gasteiger partial charge in [0.15, 0.2) is 6.10 Å². The highest BCUT2D eigenvalue weighted by molar-refractivity contribution is 5.70. The molecule has 0 aliphatic heterocycles. The van der Waals surface area contributed by atoms with E-state index in [0.29, 0.717) is 25.9 Å². The Labute approximate surface area is 395 Å². The van der Waals surface area contributed by atoms with Crippen molar-refractivity contribution in [2.24, 2.45) is 0 Å². The van der Waals surface area contributed by atoms with Gasteiger partial charge in [0.25, 0.3) is 0 Å². The highest BCUT2D eigenvalue weighted by atomic mass is 16.6. The van der Waals surface area contributed by atoms with Gasteiger partial charge in [-0.15, -0.1) is 0 Å². The lowest BCUT2D eigenvalue weighted by atomic mass is 10.1. The topological polar surface area (TPSA) is 61.8 Å². The van der Waals surface area contributed by atoms with Gasteiger partial charge in [-0.25, -0.2) is 0 Å². The molecule has 0 bridgehead atoms. The van der Waals surface area contributed by atoms with Crippen LogP contribution in [0.3, 0.4) is 0 Å². The van der Waals surface area contributed by atoms with Crippen LogP contribution in [0.4, 0.5) is 0 Å². The third kappa shape index (κ3) is 51.2. The summed E-state index contributed by atoms with van der Waals surface area (Å²) < 4.78 is 17.3. The maximum atomic E-state index is 12.8. The fourth-order valence-electron chi connectivity index (χ4n) is 6.84. The van der Waals surface area contributed by atoms with Crippen molar-refractivity contribution < 1.29 is 23.8 Å². The Balaban J connectivity index is 4.40. The Morgan fingerprint density at radius 2 is 0.750 bits per heavy atom. The van der Waals surface area contributed by atoms with E-state index in [2.05, 4.69) is 124 Å². The molecule has 1 unspecified atom stereocenters. The van der Waals surface area contributed by atoms with Crippen molar-refractivity contribution in [3.8, 4) is 0 Å². The van der Waals surface area contributed by atoms with Crippen LogP contribution >= 0.6 is 0 Å². The average Bonchev–Trinajstić information content (AvgIpc) is 3.30. The molecule has 364 valence electrons. The highest BCUT2D eigenvalue weighted by Crippen LogP contribution is 2.13. The summed E-state index contributed by atoms with van der Waals surface area (Å²) in [5.74, 6) is -0.510.